The summed E-state index contributed by atoms with van der Waals surface area (Å²) in [5.74, 6) is -5.93. The molecule has 0 saturated carbocycles. The Balaban J connectivity index is 1.87. The third-order valence-electron chi connectivity index (χ3n) is 4.60. The van der Waals surface area contributed by atoms with Crippen LogP contribution in [0.15, 0.2) is 42.5 Å². The quantitative estimate of drug-likeness (QED) is 0.610. The minimum atomic E-state index is -4.51. The number of amides is 2. The Kier molecular flexibility index (Phi) is 5.35. The van der Waals surface area contributed by atoms with Gasteiger partial charge in [-0.2, -0.15) is 13.2 Å². The number of alkyl halides is 3. The summed E-state index contributed by atoms with van der Waals surface area (Å²) >= 11 is 0. The number of piperidine rings is 1. The van der Waals surface area contributed by atoms with E-state index in [9.17, 15) is 31.5 Å². The van der Waals surface area contributed by atoms with Crippen LogP contribution in [0, 0.1) is 17.6 Å². The van der Waals surface area contributed by atoms with Crippen molar-refractivity contribution in [1.29, 1.82) is 0 Å². The predicted molar refractivity (Wildman–Crippen MR) is 90.3 cm³/mol. The minimum Gasteiger partial charge on any atom is -0.355 e. The number of hydrogen-bond donors (Lipinski definition) is 2. The van der Waals surface area contributed by atoms with Crippen LogP contribution >= 0.6 is 0 Å². The van der Waals surface area contributed by atoms with Crippen molar-refractivity contribution in [3.05, 3.63) is 65.2 Å². The molecule has 2 aromatic carbocycles. The zero-order valence-electron chi connectivity index (χ0n) is 14.3. The number of rotatable bonds is 3. The average molecular weight is 398 g/mol. The van der Waals surface area contributed by atoms with Crippen molar-refractivity contribution < 1.29 is 31.5 Å². The van der Waals surface area contributed by atoms with Gasteiger partial charge in [0.15, 0.2) is 11.6 Å². The second-order valence-electron chi connectivity index (χ2n) is 6.37. The summed E-state index contributed by atoms with van der Waals surface area (Å²) in [5, 5.41) is 4.70. The Morgan fingerprint density at radius 3 is 2.39 bits per heavy atom. The van der Waals surface area contributed by atoms with Crippen LogP contribution in [0.1, 0.15) is 23.5 Å². The average Bonchev–Trinajstić information content (AvgIpc) is 2.64. The van der Waals surface area contributed by atoms with Crippen molar-refractivity contribution in [3.8, 4) is 0 Å². The molecule has 28 heavy (non-hydrogen) atoms. The van der Waals surface area contributed by atoms with Crippen LogP contribution in [-0.2, 0) is 15.8 Å². The van der Waals surface area contributed by atoms with Gasteiger partial charge in [-0.1, -0.05) is 18.2 Å². The Labute approximate surface area is 156 Å². The largest absolute Gasteiger partial charge is 0.416 e. The molecule has 0 aromatic heterocycles. The Morgan fingerprint density at radius 1 is 1.07 bits per heavy atom. The Hall–Kier alpha value is -2.97. The summed E-state index contributed by atoms with van der Waals surface area (Å²) in [6.45, 7) is 0.239. The van der Waals surface area contributed by atoms with Crippen LogP contribution in [0.5, 0.6) is 0 Å². The molecule has 0 radical (unpaired) electrons. The molecule has 1 fully saturated rings. The number of benzene rings is 2. The normalized spacial score (nSPS) is 19.8. The van der Waals surface area contributed by atoms with Gasteiger partial charge in [0, 0.05) is 12.5 Å². The third-order valence-corrected chi connectivity index (χ3v) is 4.60. The first-order chi connectivity index (χ1) is 13.2. The second-order valence-corrected chi connectivity index (χ2v) is 6.37. The molecular formula is C19H15F5N2O2. The number of anilines is 1. The molecule has 9 heteroatoms. The van der Waals surface area contributed by atoms with E-state index in [1.54, 1.807) is 0 Å². The molecule has 2 atom stereocenters. The molecule has 2 N–H and O–H groups in total. The molecule has 3 rings (SSSR count). The van der Waals surface area contributed by atoms with Crippen molar-refractivity contribution in [2.75, 3.05) is 11.9 Å². The van der Waals surface area contributed by atoms with Crippen LogP contribution < -0.4 is 10.6 Å². The fourth-order valence-electron chi connectivity index (χ4n) is 3.20. The van der Waals surface area contributed by atoms with E-state index >= 15 is 0 Å². The first-order valence-corrected chi connectivity index (χ1v) is 8.38. The molecule has 2 amide bonds. The molecular weight excluding hydrogens is 383 g/mol. The van der Waals surface area contributed by atoms with E-state index in [1.807, 2.05) is 0 Å². The van der Waals surface area contributed by atoms with E-state index in [4.69, 9.17) is 0 Å². The molecule has 148 valence electrons. The smallest absolute Gasteiger partial charge is 0.355 e. The first-order valence-electron chi connectivity index (χ1n) is 8.38. The van der Waals surface area contributed by atoms with Gasteiger partial charge in [0.05, 0.1) is 11.3 Å². The third kappa shape index (κ3) is 3.97. The summed E-state index contributed by atoms with van der Waals surface area (Å²) in [6, 6.07) is 7.41. The number of carbonyl (C=O) groups excluding carboxylic acids is 2. The molecule has 0 unspecified atom stereocenters. The topological polar surface area (TPSA) is 58.2 Å². The summed E-state index contributed by atoms with van der Waals surface area (Å²) in [7, 11) is 0. The summed E-state index contributed by atoms with van der Waals surface area (Å²) < 4.78 is 65.4. The summed E-state index contributed by atoms with van der Waals surface area (Å²) in [4.78, 5) is 24.9. The van der Waals surface area contributed by atoms with Crippen molar-refractivity contribution >= 4 is 17.5 Å². The van der Waals surface area contributed by atoms with Gasteiger partial charge in [-0.05, 0) is 36.2 Å². The molecule has 1 saturated heterocycles. The SMILES string of the molecule is O=C1NCC[C@H](c2ccc(C(F)(F)F)cc2)[C@H]1C(=O)Nc1cccc(F)c1F. The lowest BCUT2D eigenvalue weighted by Crippen LogP contribution is -2.46. The van der Waals surface area contributed by atoms with E-state index < -0.39 is 52.7 Å². The van der Waals surface area contributed by atoms with Gasteiger partial charge in [0.25, 0.3) is 0 Å². The Bertz CT molecular complexity index is 896. The summed E-state index contributed by atoms with van der Waals surface area (Å²) in [5.41, 5.74) is -0.892. The maximum absolute atomic E-state index is 13.8. The predicted octanol–water partition coefficient (Wildman–Crippen LogP) is 3.84. The second kappa shape index (κ2) is 7.57. The lowest BCUT2D eigenvalue weighted by molar-refractivity contribution is -0.138. The van der Waals surface area contributed by atoms with Gasteiger partial charge in [-0.25, -0.2) is 8.78 Å². The molecule has 4 nitrogen and oxygen atoms in total. The van der Waals surface area contributed by atoms with E-state index in [-0.39, 0.29) is 6.54 Å². The zero-order valence-corrected chi connectivity index (χ0v) is 14.3. The van der Waals surface area contributed by atoms with Crippen LogP contribution in [0.25, 0.3) is 0 Å². The summed E-state index contributed by atoms with van der Waals surface area (Å²) in [6.07, 6.45) is -4.20. The lowest BCUT2D eigenvalue weighted by atomic mass is 9.79. The van der Waals surface area contributed by atoms with Crippen molar-refractivity contribution in [3.63, 3.8) is 0 Å². The van der Waals surface area contributed by atoms with Crippen molar-refractivity contribution in [1.82, 2.24) is 5.32 Å². The number of carbonyl (C=O) groups is 2. The first kappa shape index (κ1) is 19.8. The molecule has 0 spiro atoms. The van der Waals surface area contributed by atoms with Gasteiger partial charge >= 0.3 is 6.18 Å². The highest BCUT2D eigenvalue weighted by atomic mass is 19.4. The van der Waals surface area contributed by atoms with Crippen LogP contribution in [0.4, 0.5) is 27.6 Å². The maximum Gasteiger partial charge on any atom is 0.416 e. The van der Waals surface area contributed by atoms with E-state index in [0.717, 1.165) is 24.3 Å². The molecule has 0 bridgehead atoms. The van der Waals surface area contributed by atoms with E-state index in [2.05, 4.69) is 10.6 Å². The van der Waals surface area contributed by atoms with Crippen molar-refractivity contribution in [2.24, 2.45) is 5.92 Å². The highest BCUT2D eigenvalue weighted by molar-refractivity contribution is 6.07. The van der Waals surface area contributed by atoms with Gasteiger partial charge in [-0.3, -0.25) is 9.59 Å². The number of nitrogens with one attached hydrogen (secondary N) is 2. The van der Waals surface area contributed by atoms with Gasteiger partial charge < -0.3 is 10.6 Å². The minimum absolute atomic E-state index is 0.239. The number of hydrogen-bond acceptors (Lipinski definition) is 2. The number of halogens is 5. The maximum atomic E-state index is 13.8. The fourth-order valence-corrected chi connectivity index (χ4v) is 3.20. The van der Waals surface area contributed by atoms with Crippen molar-refractivity contribution in [2.45, 2.75) is 18.5 Å². The molecule has 1 aliphatic heterocycles. The highest BCUT2D eigenvalue weighted by Gasteiger charge is 2.39. The molecule has 0 aliphatic carbocycles. The molecule has 2 aromatic rings. The monoisotopic (exact) mass is 398 g/mol. The van der Waals surface area contributed by atoms with E-state index in [1.165, 1.54) is 18.2 Å². The highest BCUT2D eigenvalue weighted by Crippen LogP contribution is 2.35. The van der Waals surface area contributed by atoms with Crippen LogP contribution in [0.2, 0.25) is 0 Å². The van der Waals surface area contributed by atoms with Gasteiger partial charge in [-0.15, -0.1) is 0 Å². The standard InChI is InChI=1S/C19H15F5N2O2/c20-13-2-1-3-14(16(13)21)26-18(28)15-12(8-9-25-17(15)27)10-4-6-11(7-5-10)19(22,23)24/h1-7,12,15H,8-9H2,(H,25,27)(H,26,28)/t12-,15-/m1/s1. The molecule has 1 heterocycles. The molecule has 1 aliphatic rings. The van der Waals surface area contributed by atoms with Crippen LogP contribution in [-0.4, -0.2) is 18.4 Å². The Morgan fingerprint density at radius 2 is 1.75 bits per heavy atom. The fraction of sp³-hybridized carbons (Fsp3) is 0.263. The van der Waals surface area contributed by atoms with E-state index in [0.29, 0.717) is 12.0 Å². The zero-order chi connectivity index (χ0) is 20.5. The van der Waals surface area contributed by atoms with Gasteiger partial charge in [0.2, 0.25) is 11.8 Å². The lowest BCUT2D eigenvalue weighted by Gasteiger charge is -2.30. The van der Waals surface area contributed by atoms with Crippen LogP contribution in [0.3, 0.4) is 0 Å². The van der Waals surface area contributed by atoms with Gasteiger partial charge in [0.1, 0.15) is 5.92 Å².